The molecule has 1 aliphatic carbocycles. The summed E-state index contributed by atoms with van der Waals surface area (Å²) in [5.41, 5.74) is 5.09. The van der Waals surface area contributed by atoms with Crippen molar-refractivity contribution in [3.05, 3.63) is 51.8 Å². The topological polar surface area (TPSA) is 36.7 Å². The highest BCUT2D eigenvalue weighted by Crippen LogP contribution is 2.37. The van der Waals surface area contributed by atoms with E-state index in [1.807, 2.05) is 0 Å². The predicted molar refractivity (Wildman–Crippen MR) is 81.8 cm³/mol. The lowest BCUT2D eigenvalue weighted by Gasteiger charge is -2.06. The number of hydrogen-bond acceptors (Lipinski definition) is 3. The van der Waals surface area contributed by atoms with Crippen molar-refractivity contribution in [3.8, 4) is 17.3 Å². The average molecular weight is 276 g/mol. The van der Waals surface area contributed by atoms with E-state index in [9.17, 15) is 0 Å². The molecule has 0 aliphatic heterocycles. The second-order valence-electron chi connectivity index (χ2n) is 5.07. The summed E-state index contributed by atoms with van der Waals surface area (Å²) in [7, 11) is 0. The smallest absolute Gasteiger partial charge is 0.107 e. The molecule has 4 rings (SSSR count). The van der Waals surface area contributed by atoms with Crippen LogP contribution in [0.1, 0.15) is 16.1 Å². The molecule has 0 unspecified atom stereocenters. The minimum atomic E-state index is 0.395. The molecule has 2 nitrogen and oxygen atoms in total. The molecule has 0 saturated heterocycles. The molecule has 0 fully saturated rings. The summed E-state index contributed by atoms with van der Waals surface area (Å²) in [4.78, 5) is 4.60. The zero-order valence-corrected chi connectivity index (χ0v) is 11.7. The maximum absolute atomic E-state index is 8.77. The summed E-state index contributed by atoms with van der Waals surface area (Å²) in [6.07, 6.45) is 2.69. The molecule has 1 aromatic heterocycles. The molecule has 0 amide bonds. The van der Waals surface area contributed by atoms with Crippen LogP contribution < -0.4 is 0 Å². The first kappa shape index (κ1) is 11.6. The van der Waals surface area contributed by atoms with E-state index in [2.05, 4.69) is 46.8 Å². The van der Waals surface area contributed by atoms with Gasteiger partial charge in [-0.1, -0.05) is 30.3 Å². The normalized spacial score (nSPS) is 12.8. The van der Waals surface area contributed by atoms with Gasteiger partial charge in [0.15, 0.2) is 0 Å². The molecule has 3 heteroatoms. The highest BCUT2D eigenvalue weighted by atomic mass is 32.1. The Bertz CT molecular complexity index is 845. The first-order valence-electron chi connectivity index (χ1n) is 6.72. The van der Waals surface area contributed by atoms with E-state index in [1.165, 1.54) is 27.5 Å². The first-order chi connectivity index (χ1) is 9.86. The summed E-state index contributed by atoms with van der Waals surface area (Å²) in [6.45, 7) is 0. The van der Waals surface area contributed by atoms with Crippen LogP contribution >= 0.6 is 11.3 Å². The molecule has 0 radical (unpaired) electrons. The minimum absolute atomic E-state index is 0.395. The molecule has 0 atom stereocenters. The van der Waals surface area contributed by atoms with Crippen LogP contribution in [0.5, 0.6) is 0 Å². The Labute approximate surface area is 121 Å². The van der Waals surface area contributed by atoms with Gasteiger partial charge in [-0.15, -0.1) is 11.3 Å². The third-order valence-electron chi connectivity index (χ3n) is 3.93. The number of hydrogen-bond donors (Lipinski definition) is 0. The second-order valence-corrected chi connectivity index (χ2v) is 6.02. The number of nitriles is 1. The Morgan fingerprint density at radius 3 is 2.85 bits per heavy atom. The number of nitrogens with zero attached hydrogens (tertiary/aromatic N) is 2. The fraction of sp³-hybridized carbons (Fsp3) is 0.176. The van der Waals surface area contributed by atoms with Crippen LogP contribution in [0.3, 0.4) is 0 Å². The van der Waals surface area contributed by atoms with Gasteiger partial charge in [0.1, 0.15) is 5.01 Å². The van der Waals surface area contributed by atoms with Gasteiger partial charge in [0.05, 0.1) is 18.2 Å². The van der Waals surface area contributed by atoms with Crippen molar-refractivity contribution >= 4 is 22.1 Å². The van der Waals surface area contributed by atoms with Crippen LogP contribution in [0, 0.1) is 11.3 Å². The van der Waals surface area contributed by atoms with Gasteiger partial charge in [-0.2, -0.15) is 5.26 Å². The first-order valence-corrected chi connectivity index (χ1v) is 7.60. The molecule has 20 heavy (non-hydrogen) atoms. The maximum atomic E-state index is 8.77. The zero-order valence-electron chi connectivity index (χ0n) is 10.9. The van der Waals surface area contributed by atoms with E-state index in [-0.39, 0.29) is 0 Å². The monoisotopic (exact) mass is 276 g/mol. The lowest BCUT2D eigenvalue weighted by molar-refractivity contribution is 1.02. The van der Waals surface area contributed by atoms with Crippen LogP contribution in [-0.2, 0) is 19.3 Å². The van der Waals surface area contributed by atoms with Crippen molar-refractivity contribution in [1.82, 2.24) is 4.98 Å². The van der Waals surface area contributed by atoms with Gasteiger partial charge < -0.3 is 0 Å². The van der Waals surface area contributed by atoms with E-state index in [1.54, 1.807) is 11.3 Å². The number of aromatic nitrogens is 1. The highest BCUT2D eigenvalue weighted by Gasteiger charge is 2.17. The summed E-state index contributed by atoms with van der Waals surface area (Å²) in [6, 6.07) is 13.1. The Hall–Kier alpha value is -2.18. The van der Waals surface area contributed by atoms with Crippen molar-refractivity contribution in [2.75, 3.05) is 0 Å². The highest BCUT2D eigenvalue weighted by molar-refractivity contribution is 7.10. The number of rotatable bonds is 2. The average Bonchev–Trinajstić information content (AvgIpc) is 3.09. The van der Waals surface area contributed by atoms with Crippen LogP contribution in [0.4, 0.5) is 0 Å². The molecular formula is C17H12N2S. The molecule has 0 saturated carbocycles. The van der Waals surface area contributed by atoms with Gasteiger partial charge in [-0.3, -0.25) is 0 Å². The van der Waals surface area contributed by atoms with Crippen molar-refractivity contribution in [2.24, 2.45) is 0 Å². The SMILES string of the molecule is N#CCc1nc(-c2ccc3c4c(cccc24)CC3)cs1. The zero-order chi connectivity index (χ0) is 13.5. The van der Waals surface area contributed by atoms with E-state index in [0.717, 1.165) is 23.5 Å². The van der Waals surface area contributed by atoms with E-state index in [4.69, 9.17) is 5.26 Å². The van der Waals surface area contributed by atoms with Crippen molar-refractivity contribution < 1.29 is 0 Å². The second kappa shape index (κ2) is 4.43. The van der Waals surface area contributed by atoms with Gasteiger partial charge in [0.25, 0.3) is 0 Å². The summed E-state index contributed by atoms with van der Waals surface area (Å²) < 4.78 is 0. The third kappa shape index (κ3) is 1.65. The summed E-state index contributed by atoms with van der Waals surface area (Å²) in [5.74, 6) is 0. The van der Waals surface area contributed by atoms with Gasteiger partial charge >= 0.3 is 0 Å². The van der Waals surface area contributed by atoms with Crippen LogP contribution in [0.15, 0.2) is 35.7 Å². The largest absolute Gasteiger partial charge is 0.240 e. The van der Waals surface area contributed by atoms with Gasteiger partial charge in [0.2, 0.25) is 0 Å². The van der Waals surface area contributed by atoms with Gasteiger partial charge in [-0.25, -0.2) is 4.98 Å². The molecule has 0 bridgehead atoms. The fourth-order valence-corrected chi connectivity index (χ4v) is 3.78. The van der Waals surface area contributed by atoms with Crippen LogP contribution in [0.25, 0.3) is 22.0 Å². The van der Waals surface area contributed by atoms with E-state index >= 15 is 0 Å². The molecule has 0 spiro atoms. The quantitative estimate of drug-likeness (QED) is 0.705. The van der Waals surface area contributed by atoms with E-state index < -0.39 is 0 Å². The number of benzene rings is 2. The van der Waals surface area contributed by atoms with Crippen molar-refractivity contribution in [2.45, 2.75) is 19.3 Å². The molecular weight excluding hydrogens is 264 g/mol. The number of thiazole rings is 1. The summed E-state index contributed by atoms with van der Waals surface area (Å²) >= 11 is 1.57. The lowest BCUT2D eigenvalue weighted by Crippen LogP contribution is -1.86. The Morgan fingerprint density at radius 1 is 1.15 bits per heavy atom. The molecule has 3 aromatic rings. The van der Waals surface area contributed by atoms with Gasteiger partial charge in [-0.05, 0) is 34.7 Å². The molecule has 0 N–H and O–H groups in total. The van der Waals surface area contributed by atoms with Crippen LogP contribution in [0.2, 0.25) is 0 Å². The molecule has 2 aromatic carbocycles. The Morgan fingerprint density at radius 2 is 2.00 bits per heavy atom. The van der Waals surface area contributed by atoms with Gasteiger partial charge in [0, 0.05) is 10.9 Å². The predicted octanol–water partition coefficient (Wildman–Crippen LogP) is 4.13. The summed E-state index contributed by atoms with van der Waals surface area (Å²) in [5, 5.41) is 14.4. The number of aryl methyl sites for hydroxylation is 2. The molecule has 1 heterocycles. The minimum Gasteiger partial charge on any atom is -0.240 e. The standard InChI is InChI=1S/C17H12N2S/c18-9-8-16-19-15(10-20-16)13-7-6-12-5-4-11-2-1-3-14(13)17(11)12/h1-3,6-7,10H,4-5,8H2. The fourth-order valence-electron chi connectivity index (χ4n) is 3.05. The van der Waals surface area contributed by atoms with Crippen molar-refractivity contribution in [3.63, 3.8) is 0 Å². The molecule has 96 valence electrons. The molecule has 1 aliphatic rings. The third-order valence-corrected chi connectivity index (χ3v) is 4.78. The lowest BCUT2D eigenvalue weighted by atomic mass is 9.98. The Balaban J connectivity index is 1.94. The van der Waals surface area contributed by atoms with E-state index in [0.29, 0.717) is 6.42 Å². The maximum Gasteiger partial charge on any atom is 0.107 e. The van der Waals surface area contributed by atoms with Crippen molar-refractivity contribution in [1.29, 1.82) is 5.26 Å². The Kier molecular flexibility index (Phi) is 2.58. The van der Waals surface area contributed by atoms with Crippen LogP contribution in [-0.4, -0.2) is 4.98 Å².